The third-order valence-corrected chi connectivity index (χ3v) is 8.79. The first-order valence-corrected chi connectivity index (χ1v) is 15.2. The minimum absolute atomic E-state index is 0.0121. The van der Waals surface area contributed by atoms with Gasteiger partial charge in [0, 0.05) is 6.07 Å². The van der Waals surface area contributed by atoms with E-state index in [0.717, 1.165) is 43.2 Å². The monoisotopic (exact) mass is 638 g/mol. The van der Waals surface area contributed by atoms with Crippen LogP contribution < -0.4 is 24.0 Å². The molecule has 2 aliphatic heterocycles. The zero-order valence-corrected chi connectivity index (χ0v) is 26.9. The van der Waals surface area contributed by atoms with Gasteiger partial charge >= 0.3 is 0 Å². The zero-order chi connectivity index (χ0) is 33.9. The fourth-order valence-electron chi connectivity index (χ4n) is 6.27. The van der Waals surface area contributed by atoms with Gasteiger partial charge in [0.05, 0.1) is 43.6 Å². The van der Waals surface area contributed by atoms with Crippen LogP contribution in [0.3, 0.4) is 0 Å². The van der Waals surface area contributed by atoms with E-state index in [2.05, 4.69) is 0 Å². The lowest BCUT2D eigenvalue weighted by atomic mass is 9.99. The SMILES string of the molecule is COc1cc(N2C(=O)c3ccc(-c4ccc(C)cc4)cc3C2=O)c(OC)c(OC)c1N1C(=O)c2ccc(-c3ccc(C)cc3)cc2C1=O. The first-order valence-electron chi connectivity index (χ1n) is 15.2. The lowest BCUT2D eigenvalue weighted by Gasteiger charge is -2.26. The van der Waals surface area contributed by atoms with Gasteiger partial charge in [-0.15, -0.1) is 0 Å². The summed E-state index contributed by atoms with van der Waals surface area (Å²) in [6, 6.07) is 27.3. The van der Waals surface area contributed by atoms with Gasteiger partial charge in [-0.25, -0.2) is 9.80 Å². The van der Waals surface area contributed by atoms with Crippen LogP contribution in [0.4, 0.5) is 11.4 Å². The Hall–Kier alpha value is -6.22. The maximum absolute atomic E-state index is 14.0. The molecule has 0 saturated heterocycles. The van der Waals surface area contributed by atoms with E-state index in [9.17, 15) is 19.2 Å². The molecule has 48 heavy (non-hydrogen) atoms. The van der Waals surface area contributed by atoms with Gasteiger partial charge in [0.1, 0.15) is 17.1 Å². The molecule has 7 rings (SSSR count). The molecule has 9 nitrogen and oxygen atoms in total. The van der Waals surface area contributed by atoms with Gasteiger partial charge in [0.15, 0.2) is 11.5 Å². The first kappa shape index (κ1) is 30.4. The minimum atomic E-state index is -0.584. The highest BCUT2D eigenvalue weighted by molar-refractivity contribution is 6.37. The molecule has 9 heteroatoms. The highest BCUT2D eigenvalue weighted by Gasteiger charge is 2.44. The molecule has 0 atom stereocenters. The van der Waals surface area contributed by atoms with Crippen molar-refractivity contribution in [1.82, 2.24) is 0 Å². The van der Waals surface area contributed by atoms with E-state index >= 15 is 0 Å². The molecular formula is C39H30N2O7. The van der Waals surface area contributed by atoms with Gasteiger partial charge in [-0.05, 0) is 60.4 Å². The van der Waals surface area contributed by atoms with E-state index in [4.69, 9.17) is 14.2 Å². The molecule has 0 N–H and O–H groups in total. The van der Waals surface area contributed by atoms with E-state index < -0.39 is 23.6 Å². The van der Waals surface area contributed by atoms with Crippen molar-refractivity contribution in [2.45, 2.75) is 13.8 Å². The molecule has 0 saturated carbocycles. The van der Waals surface area contributed by atoms with E-state index in [1.165, 1.54) is 27.4 Å². The molecule has 0 unspecified atom stereocenters. The number of carbonyl (C=O) groups is 4. The molecule has 0 spiro atoms. The average molecular weight is 639 g/mol. The number of carbonyl (C=O) groups excluding carboxylic acids is 4. The second kappa shape index (κ2) is 11.5. The Morgan fingerprint density at radius 3 is 1.31 bits per heavy atom. The summed E-state index contributed by atoms with van der Waals surface area (Å²) < 4.78 is 17.2. The molecule has 5 aromatic rings. The van der Waals surface area contributed by atoms with Crippen molar-refractivity contribution in [3.05, 3.63) is 124 Å². The number of nitrogens with zero attached hydrogens (tertiary/aromatic N) is 2. The van der Waals surface area contributed by atoms with Crippen molar-refractivity contribution < 1.29 is 33.4 Å². The fraction of sp³-hybridized carbons (Fsp3) is 0.128. The number of benzene rings is 5. The molecule has 0 bridgehead atoms. The number of methoxy groups -OCH3 is 3. The molecule has 2 aliphatic rings. The minimum Gasteiger partial charge on any atom is -0.494 e. The average Bonchev–Trinajstić information content (AvgIpc) is 3.50. The summed E-state index contributed by atoms with van der Waals surface area (Å²) in [4.78, 5) is 57.5. The molecular weight excluding hydrogens is 608 g/mol. The van der Waals surface area contributed by atoms with Crippen LogP contribution in [-0.4, -0.2) is 45.0 Å². The quantitative estimate of drug-likeness (QED) is 0.173. The fourth-order valence-corrected chi connectivity index (χ4v) is 6.27. The van der Waals surface area contributed by atoms with Crippen molar-refractivity contribution in [2.75, 3.05) is 31.1 Å². The number of rotatable bonds is 7. The van der Waals surface area contributed by atoms with Gasteiger partial charge in [0.2, 0.25) is 0 Å². The Morgan fingerprint density at radius 1 is 0.438 bits per heavy atom. The standard InChI is InChI=1S/C39H30N2O7/c1-21-6-10-23(11-7-21)25-14-16-27-29(18-25)38(44)40(36(27)42)31-20-32(46-3)33(35(48-5)34(31)47-4)41-37(43)28-17-15-26(19-30(28)39(41)45)24-12-8-22(2)9-13-24/h6-20H,1-5H3. The van der Waals surface area contributed by atoms with Crippen LogP contribution in [0.5, 0.6) is 17.2 Å². The highest BCUT2D eigenvalue weighted by atomic mass is 16.5. The predicted octanol–water partition coefficient (Wildman–Crippen LogP) is 7.26. The Labute approximate surface area is 276 Å². The number of ether oxygens (including phenoxy) is 3. The normalized spacial score (nSPS) is 13.6. The summed E-state index contributed by atoms with van der Waals surface area (Å²) in [6.07, 6.45) is 0. The Kier molecular flexibility index (Phi) is 7.32. The molecule has 0 radical (unpaired) electrons. The zero-order valence-electron chi connectivity index (χ0n) is 26.9. The first-order chi connectivity index (χ1) is 23.2. The van der Waals surface area contributed by atoms with Crippen molar-refractivity contribution in [2.24, 2.45) is 0 Å². The van der Waals surface area contributed by atoms with Crippen LogP contribution in [-0.2, 0) is 0 Å². The van der Waals surface area contributed by atoms with Crippen LogP contribution in [0, 0.1) is 13.8 Å². The molecule has 0 aromatic heterocycles. The van der Waals surface area contributed by atoms with Crippen LogP contribution >= 0.6 is 0 Å². The molecule has 4 amide bonds. The van der Waals surface area contributed by atoms with Crippen LogP contribution in [0.15, 0.2) is 91.0 Å². The Bertz CT molecular complexity index is 2190. The molecule has 0 fully saturated rings. The smallest absolute Gasteiger partial charge is 0.266 e. The number of imide groups is 2. The third-order valence-electron chi connectivity index (χ3n) is 8.79. The molecule has 0 aliphatic carbocycles. The van der Waals surface area contributed by atoms with Gasteiger partial charge in [-0.3, -0.25) is 19.2 Å². The Balaban J connectivity index is 1.31. The number of hydrogen-bond donors (Lipinski definition) is 0. The second-order valence-electron chi connectivity index (χ2n) is 11.7. The van der Waals surface area contributed by atoms with Crippen molar-refractivity contribution in [3.63, 3.8) is 0 Å². The number of anilines is 2. The number of hydrogen-bond acceptors (Lipinski definition) is 7. The van der Waals surface area contributed by atoms with Crippen LogP contribution in [0.1, 0.15) is 52.6 Å². The van der Waals surface area contributed by atoms with E-state index in [-0.39, 0.29) is 50.9 Å². The van der Waals surface area contributed by atoms with E-state index in [1.54, 1.807) is 36.4 Å². The maximum Gasteiger partial charge on any atom is 0.266 e. The van der Waals surface area contributed by atoms with Gasteiger partial charge in [-0.1, -0.05) is 71.8 Å². The molecule has 5 aromatic carbocycles. The highest BCUT2D eigenvalue weighted by Crippen LogP contribution is 2.53. The summed E-state index contributed by atoms with van der Waals surface area (Å²) in [6.45, 7) is 3.98. The van der Waals surface area contributed by atoms with Crippen molar-refractivity contribution in [1.29, 1.82) is 0 Å². The summed E-state index contributed by atoms with van der Waals surface area (Å²) in [7, 11) is 4.05. The topological polar surface area (TPSA) is 102 Å². The summed E-state index contributed by atoms with van der Waals surface area (Å²) in [5, 5.41) is 0. The van der Waals surface area contributed by atoms with Crippen molar-refractivity contribution in [3.8, 4) is 39.5 Å². The largest absolute Gasteiger partial charge is 0.494 e. The van der Waals surface area contributed by atoms with E-state index in [0.29, 0.717) is 0 Å². The Morgan fingerprint density at radius 2 is 0.854 bits per heavy atom. The second-order valence-corrected chi connectivity index (χ2v) is 11.7. The number of amides is 4. The number of aryl methyl sites for hydroxylation is 2. The van der Waals surface area contributed by atoms with Gasteiger partial charge < -0.3 is 14.2 Å². The van der Waals surface area contributed by atoms with Gasteiger partial charge in [-0.2, -0.15) is 0 Å². The lowest BCUT2D eigenvalue weighted by Crippen LogP contribution is -2.32. The van der Waals surface area contributed by atoms with Gasteiger partial charge in [0.25, 0.3) is 23.6 Å². The van der Waals surface area contributed by atoms with Crippen molar-refractivity contribution >= 4 is 35.0 Å². The van der Waals surface area contributed by atoms with E-state index in [1.807, 2.05) is 62.4 Å². The predicted molar refractivity (Wildman–Crippen MR) is 182 cm³/mol. The lowest BCUT2D eigenvalue weighted by molar-refractivity contribution is 0.0907. The molecule has 238 valence electrons. The number of fused-ring (bicyclic) bond motifs is 2. The van der Waals surface area contributed by atoms with Crippen LogP contribution in [0.2, 0.25) is 0 Å². The van der Waals surface area contributed by atoms with Crippen LogP contribution in [0.25, 0.3) is 22.3 Å². The summed E-state index contributed by atoms with van der Waals surface area (Å²) in [5.74, 6) is -2.36. The maximum atomic E-state index is 14.0. The third kappa shape index (κ3) is 4.62. The summed E-state index contributed by atoms with van der Waals surface area (Å²) >= 11 is 0. The summed E-state index contributed by atoms with van der Waals surface area (Å²) in [5.41, 5.74) is 6.48. The molecule has 2 heterocycles.